The van der Waals surface area contributed by atoms with E-state index in [4.69, 9.17) is 0 Å². The molecule has 132 valence electrons. The van der Waals surface area contributed by atoms with Gasteiger partial charge in [0, 0.05) is 25.0 Å². The number of aryl methyl sites for hydroxylation is 1. The fourth-order valence-electron chi connectivity index (χ4n) is 2.52. The molecule has 0 aliphatic heterocycles. The second-order valence-corrected chi connectivity index (χ2v) is 5.74. The van der Waals surface area contributed by atoms with Crippen LogP contribution in [0.5, 0.6) is 0 Å². The maximum atomic E-state index is 14.3. The molecule has 1 N–H and O–H groups in total. The van der Waals surface area contributed by atoms with Gasteiger partial charge < -0.3 is 9.88 Å². The van der Waals surface area contributed by atoms with Gasteiger partial charge in [-0.2, -0.15) is 0 Å². The highest BCUT2D eigenvalue weighted by atomic mass is 19.1. The highest BCUT2D eigenvalue weighted by molar-refractivity contribution is 5.91. The summed E-state index contributed by atoms with van der Waals surface area (Å²) in [6, 6.07) is 10.7. The minimum Gasteiger partial charge on any atom is -0.348 e. The molecule has 0 aliphatic rings. The van der Waals surface area contributed by atoms with E-state index >= 15 is 0 Å². The first-order chi connectivity index (χ1) is 12.5. The molecule has 0 atom stereocenters. The summed E-state index contributed by atoms with van der Waals surface area (Å²) in [4.78, 5) is 15.9. The number of carbonyl (C=O) groups excluding carboxylic acids is 1. The van der Waals surface area contributed by atoms with E-state index in [-0.39, 0.29) is 18.3 Å². The van der Waals surface area contributed by atoms with E-state index in [0.29, 0.717) is 22.6 Å². The summed E-state index contributed by atoms with van der Waals surface area (Å²) < 4.78 is 29.0. The largest absolute Gasteiger partial charge is 0.348 e. The summed E-state index contributed by atoms with van der Waals surface area (Å²) in [5.74, 6) is -0.416. The lowest BCUT2D eigenvalue weighted by Crippen LogP contribution is -2.20. The third kappa shape index (κ3) is 4.22. The van der Waals surface area contributed by atoms with Crippen LogP contribution in [0.4, 0.5) is 8.78 Å². The molecule has 3 aromatic rings. The number of carbonyl (C=O) groups is 1. The fourth-order valence-corrected chi connectivity index (χ4v) is 2.52. The minimum atomic E-state index is -0.395. The zero-order valence-corrected chi connectivity index (χ0v) is 14.1. The average Bonchev–Trinajstić information content (AvgIpc) is 3.04. The van der Waals surface area contributed by atoms with Crippen LogP contribution in [0.2, 0.25) is 0 Å². The first kappa shape index (κ1) is 17.5. The van der Waals surface area contributed by atoms with Crippen LogP contribution in [0.3, 0.4) is 0 Å². The van der Waals surface area contributed by atoms with E-state index in [2.05, 4.69) is 10.3 Å². The van der Waals surface area contributed by atoms with Gasteiger partial charge in [0.25, 0.3) is 0 Å². The maximum absolute atomic E-state index is 14.3. The van der Waals surface area contributed by atoms with Crippen LogP contribution in [-0.2, 0) is 11.3 Å². The lowest BCUT2D eigenvalue weighted by molar-refractivity contribution is -0.116. The highest BCUT2D eigenvalue weighted by Crippen LogP contribution is 2.16. The Morgan fingerprint density at radius 1 is 1.23 bits per heavy atom. The van der Waals surface area contributed by atoms with E-state index in [1.807, 2.05) is 0 Å². The number of amides is 1. The summed E-state index contributed by atoms with van der Waals surface area (Å²) in [6.45, 7) is 1.98. The van der Waals surface area contributed by atoms with Crippen LogP contribution in [0, 0.1) is 18.6 Å². The molecule has 4 nitrogen and oxygen atoms in total. The Labute approximate surface area is 149 Å². The van der Waals surface area contributed by atoms with Gasteiger partial charge in [-0.1, -0.05) is 18.2 Å². The van der Waals surface area contributed by atoms with Crippen LogP contribution in [0.15, 0.2) is 60.9 Å². The molecule has 0 saturated carbocycles. The monoisotopic (exact) mass is 353 g/mol. The molecule has 1 amide bonds. The number of aromatic nitrogens is 2. The van der Waals surface area contributed by atoms with Gasteiger partial charge >= 0.3 is 0 Å². The van der Waals surface area contributed by atoms with Gasteiger partial charge in [0.15, 0.2) is 0 Å². The normalized spacial score (nSPS) is 11.0. The lowest BCUT2D eigenvalue weighted by Gasteiger charge is -2.09. The van der Waals surface area contributed by atoms with Gasteiger partial charge in [-0.15, -0.1) is 0 Å². The standard InChI is InChI=1S/C20H17F2N3O/c1-14-23-9-10-25(14)19-7-5-16(12-18(19)22)13-24-20(26)8-6-15-3-2-4-17(21)11-15/h2-12H,13H2,1H3,(H,24,26)/b8-6+. The summed E-state index contributed by atoms with van der Waals surface area (Å²) >= 11 is 0. The van der Waals surface area contributed by atoms with Crippen molar-refractivity contribution < 1.29 is 13.6 Å². The first-order valence-electron chi connectivity index (χ1n) is 8.03. The van der Waals surface area contributed by atoms with Crippen molar-refractivity contribution in [2.24, 2.45) is 0 Å². The van der Waals surface area contributed by atoms with Crippen molar-refractivity contribution in [3.05, 3.63) is 89.5 Å². The number of nitrogens with zero attached hydrogens (tertiary/aromatic N) is 2. The summed E-state index contributed by atoms with van der Waals surface area (Å²) in [6.07, 6.45) is 6.12. The number of benzene rings is 2. The zero-order valence-electron chi connectivity index (χ0n) is 14.1. The van der Waals surface area contributed by atoms with E-state index in [9.17, 15) is 13.6 Å². The van der Waals surface area contributed by atoms with Gasteiger partial charge in [0.2, 0.25) is 5.91 Å². The number of rotatable bonds is 5. The molecule has 1 aromatic heterocycles. The molecule has 0 bridgehead atoms. The molecule has 0 aliphatic carbocycles. The summed E-state index contributed by atoms with van der Waals surface area (Å²) in [7, 11) is 0. The van der Waals surface area contributed by atoms with E-state index in [0.717, 1.165) is 0 Å². The predicted molar refractivity (Wildman–Crippen MR) is 95.5 cm³/mol. The fraction of sp³-hybridized carbons (Fsp3) is 0.100. The van der Waals surface area contributed by atoms with Crippen molar-refractivity contribution in [2.45, 2.75) is 13.5 Å². The second kappa shape index (κ2) is 7.74. The van der Waals surface area contributed by atoms with E-state index < -0.39 is 5.82 Å². The summed E-state index contributed by atoms with van der Waals surface area (Å²) in [5, 5.41) is 2.67. The van der Waals surface area contributed by atoms with Gasteiger partial charge in [-0.3, -0.25) is 4.79 Å². The number of halogens is 2. The van der Waals surface area contributed by atoms with Crippen LogP contribution in [0.25, 0.3) is 11.8 Å². The third-order valence-corrected chi connectivity index (χ3v) is 3.84. The molecule has 26 heavy (non-hydrogen) atoms. The smallest absolute Gasteiger partial charge is 0.244 e. The number of hydrogen-bond donors (Lipinski definition) is 1. The number of hydrogen-bond acceptors (Lipinski definition) is 2. The molecule has 6 heteroatoms. The number of imidazole rings is 1. The quantitative estimate of drug-likeness (QED) is 0.710. The molecule has 0 saturated heterocycles. The van der Waals surface area contributed by atoms with Crippen LogP contribution in [0.1, 0.15) is 17.0 Å². The molecule has 0 spiro atoms. The number of nitrogens with one attached hydrogen (secondary N) is 1. The average molecular weight is 353 g/mol. The molecule has 0 unspecified atom stereocenters. The zero-order chi connectivity index (χ0) is 18.5. The molecule has 0 fully saturated rings. The van der Waals surface area contributed by atoms with Crippen molar-refractivity contribution in [3.8, 4) is 5.69 Å². The molecular weight excluding hydrogens is 336 g/mol. The highest BCUT2D eigenvalue weighted by Gasteiger charge is 2.08. The topological polar surface area (TPSA) is 46.9 Å². The molecule has 2 aromatic carbocycles. The van der Waals surface area contributed by atoms with Crippen molar-refractivity contribution in [2.75, 3.05) is 0 Å². The molecular formula is C20H17F2N3O. The van der Waals surface area contributed by atoms with Crippen LogP contribution in [-0.4, -0.2) is 15.5 Å². The Balaban J connectivity index is 1.62. The Morgan fingerprint density at radius 2 is 2.08 bits per heavy atom. The van der Waals surface area contributed by atoms with E-state index in [1.54, 1.807) is 48.1 Å². The second-order valence-electron chi connectivity index (χ2n) is 5.74. The lowest BCUT2D eigenvalue weighted by atomic mass is 10.2. The van der Waals surface area contributed by atoms with Gasteiger partial charge in [0.1, 0.15) is 17.5 Å². The van der Waals surface area contributed by atoms with Gasteiger partial charge in [-0.05, 0) is 48.4 Å². The van der Waals surface area contributed by atoms with Crippen LogP contribution < -0.4 is 5.32 Å². The molecule has 3 rings (SSSR count). The maximum Gasteiger partial charge on any atom is 0.244 e. The van der Waals surface area contributed by atoms with Gasteiger partial charge in [-0.25, -0.2) is 13.8 Å². The van der Waals surface area contributed by atoms with Crippen LogP contribution >= 0.6 is 0 Å². The van der Waals surface area contributed by atoms with Crippen molar-refractivity contribution in [1.82, 2.24) is 14.9 Å². The third-order valence-electron chi connectivity index (χ3n) is 3.84. The Kier molecular flexibility index (Phi) is 5.22. The summed E-state index contributed by atoms with van der Waals surface area (Å²) in [5.41, 5.74) is 1.63. The van der Waals surface area contributed by atoms with Gasteiger partial charge in [0.05, 0.1) is 5.69 Å². The predicted octanol–water partition coefficient (Wildman–Crippen LogP) is 3.79. The first-order valence-corrected chi connectivity index (χ1v) is 8.03. The Bertz CT molecular complexity index is 963. The molecule has 1 heterocycles. The van der Waals surface area contributed by atoms with Crippen molar-refractivity contribution in [3.63, 3.8) is 0 Å². The minimum absolute atomic E-state index is 0.187. The Hall–Kier alpha value is -3.28. The molecule has 0 radical (unpaired) electrons. The SMILES string of the molecule is Cc1nccn1-c1ccc(CNC(=O)/C=C/c2cccc(F)c2)cc1F. The van der Waals surface area contributed by atoms with Crippen molar-refractivity contribution >= 4 is 12.0 Å². The van der Waals surface area contributed by atoms with Crippen molar-refractivity contribution in [1.29, 1.82) is 0 Å². The Morgan fingerprint density at radius 3 is 2.77 bits per heavy atom. The van der Waals surface area contributed by atoms with E-state index in [1.165, 1.54) is 30.4 Å².